The highest BCUT2D eigenvalue weighted by Gasteiger charge is 2.13. The van der Waals surface area contributed by atoms with Crippen molar-refractivity contribution < 1.29 is 4.79 Å². The van der Waals surface area contributed by atoms with Gasteiger partial charge in [0.25, 0.3) is 0 Å². The first-order valence-corrected chi connectivity index (χ1v) is 4.12. The van der Waals surface area contributed by atoms with Crippen LogP contribution in [-0.4, -0.2) is 15.6 Å². The predicted molar refractivity (Wildman–Crippen MR) is 47.4 cm³/mol. The molecule has 0 aliphatic heterocycles. The van der Waals surface area contributed by atoms with E-state index in [1.165, 1.54) is 0 Å². The molecule has 0 aliphatic rings. The molecule has 3 heteroatoms. The highest BCUT2D eigenvalue weighted by molar-refractivity contribution is 5.96. The molecule has 0 saturated heterocycles. The Labute approximate surface area is 72.4 Å². The van der Waals surface area contributed by atoms with Gasteiger partial charge in [-0.25, -0.2) is 0 Å². The summed E-state index contributed by atoms with van der Waals surface area (Å²) in [6, 6.07) is 0. The van der Waals surface area contributed by atoms with Crippen LogP contribution >= 0.6 is 0 Å². The molecule has 0 atom stereocenters. The second-order valence-corrected chi connectivity index (χ2v) is 2.92. The number of ketones is 1. The molecule has 0 radical (unpaired) electrons. The predicted octanol–water partition coefficient (Wildman–Crippen LogP) is 1.72. The lowest BCUT2D eigenvalue weighted by Crippen LogP contribution is -2.00. The van der Waals surface area contributed by atoms with E-state index in [1.807, 2.05) is 25.5 Å². The molecule has 3 nitrogen and oxygen atoms in total. The third-order valence-electron chi connectivity index (χ3n) is 2.03. The fraction of sp³-hybridized carbons (Fsp3) is 0.556. The standard InChI is InChI=1S/C9H14N2O/c1-5-11-7(3)9(8(4)12)6(2)10-11/h5H2,1-4H3. The summed E-state index contributed by atoms with van der Waals surface area (Å²) in [5, 5.41) is 4.25. The SMILES string of the molecule is CCn1nc(C)c(C(C)=O)c1C. The van der Waals surface area contributed by atoms with Gasteiger partial charge in [-0.3, -0.25) is 9.48 Å². The van der Waals surface area contributed by atoms with Gasteiger partial charge in [0.05, 0.1) is 11.3 Å². The second-order valence-electron chi connectivity index (χ2n) is 2.92. The first kappa shape index (κ1) is 8.97. The fourth-order valence-corrected chi connectivity index (χ4v) is 1.51. The number of aryl methyl sites for hydroxylation is 2. The number of rotatable bonds is 2. The van der Waals surface area contributed by atoms with Crippen LogP contribution in [0.25, 0.3) is 0 Å². The molecule has 0 fully saturated rings. The number of nitrogens with zero attached hydrogens (tertiary/aromatic N) is 2. The van der Waals surface area contributed by atoms with Gasteiger partial charge in [0.2, 0.25) is 0 Å². The third-order valence-corrected chi connectivity index (χ3v) is 2.03. The summed E-state index contributed by atoms with van der Waals surface area (Å²) in [5.41, 5.74) is 2.58. The summed E-state index contributed by atoms with van der Waals surface area (Å²) in [4.78, 5) is 11.2. The minimum absolute atomic E-state index is 0.102. The Morgan fingerprint density at radius 2 is 2.08 bits per heavy atom. The lowest BCUT2D eigenvalue weighted by atomic mass is 10.1. The van der Waals surface area contributed by atoms with Crippen LogP contribution in [0, 0.1) is 13.8 Å². The first-order chi connectivity index (χ1) is 5.57. The van der Waals surface area contributed by atoms with Gasteiger partial charge in [0.15, 0.2) is 5.78 Å². The summed E-state index contributed by atoms with van der Waals surface area (Å²) in [7, 11) is 0. The molecule has 12 heavy (non-hydrogen) atoms. The Kier molecular flexibility index (Phi) is 2.31. The smallest absolute Gasteiger partial charge is 0.163 e. The quantitative estimate of drug-likeness (QED) is 0.627. The zero-order valence-corrected chi connectivity index (χ0v) is 8.01. The molecule has 0 aliphatic carbocycles. The van der Waals surface area contributed by atoms with Crippen molar-refractivity contribution in [3.63, 3.8) is 0 Å². The van der Waals surface area contributed by atoms with Gasteiger partial charge in [-0.15, -0.1) is 0 Å². The second kappa shape index (κ2) is 3.09. The monoisotopic (exact) mass is 166 g/mol. The summed E-state index contributed by atoms with van der Waals surface area (Å²) in [6.45, 7) is 8.22. The first-order valence-electron chi connectivity index (χ1n) is 4.12. The minimum atomic E-state index is 0.102. The number of carbonyl (C=O) groups is 1. The number of hydrogen-bond donors (Lipinski definition) is 0. The van der Waals surface area contributed by atoms with Crippen LogP contribution in [0.15, 0.2) is 0 Å². The molecule has 0 saturated carbocycles. The van der Waals surface area contributed by atoms with Crippen LogP contribution in [0.5, 0.6) is 0 Å². The van der Waals surface area contributed by atoms with Crippen molar-refractivity contribution in [2.24, 2.45) is 0 Å². The topological polar surface area (TPSA) is 34.9 Å². The summed E-state index contributed by atoms with van der Waals surface area (Å²) in [6.07, 6.45) is 0. The van der Waals surface area contributed by atoms with Gasteiger partial charge in [-0.1, -0.05) is 0 Å². The molecular weight excluding hydrogens is 152 g/mol. The zero-order chi connectivity index (χ0) is 9.30. The Hall–Kier alpha value is -1.12. The van der Waals surface area contributed by atoms with E-state index in [9.17, 15) is 4.79 Å². The van der Waals surface area contributed by atoms with Crippen molar-refractivity contribution in [1.29, 1.82) is 0 Å². The van der Waals surface area contributed by atoms with Crippen LogP contribution in [0.4, 0.5) is 0 Å². The lowest BCUT2D eigenvalue weighted by molar-refractivity contribution is 0.101. The third kappa shape index (κ3) is 1.26. The van der Waals surface area contributed by atoms with Crippen molar-refractivity contribution in [3.8, 4) is 0 Å². The summed E-state index contributed by atoms with van der Waals surface area (Å²) in [5.74, 6) is 0.102. The Balaban J connectivity index is 3.28. The van der Waals surface area contributed by atoms with Gasteiger partial charge in [-0.05, 0) is 27.7 Å². The molecule has 1 aromatic rings. The van der Waals surface area contributed by atoms with Gasteiger partial charge < -0.3 is 0 Å². The van der Waals surface area contributed by atoms with E-state index in [4.69, 9.17) is 0 Å². The van der Waals surface area contributed by atoms with Gasteiger partial charge in [0.1, 0.15) is 0 Å². The van der Waals surface area contributed by atoms with Gasteiger partial charge in [0, 0.05) is 12.2 Å². The Bertz CT molecular complexity index is 313. The van der Waals surface area contributed by atoms with E-state index in [-0.39, 0.29) is 5.78 Å². The van der Waals surface area contributed by atoms with Crippen LogP contribution in [0.2, 0.25) is 0 Å². The Morgan fingerprint density at radius 1 is 1.50 bits per heavy atom. The van der Waals surface area contributed by atoms with Crippen molar-refractivity contribution >= 4 is 5.78 Å². The maximum absolute atomic E-state index is 11.2. The molecule has 0 N–H and O–H groups in total. The average molecular weight is 166 g/mol. The molecule has 0 unspecified atom stereocenters. The van der Waals surface area contributed by atoms with Crippen molar-refractivity contribution in [2.75, 3.05) is 0 Å². The molecule has 1 aromatic heterocycles. The number of aromatic nitrogens is 2. The van der Waals surface area contributed by atoms with Gasteiger partial charge >= 0.3 is 0 Å². The van der Waals surface area contributed by atoms with Crippen molar-refractivity contribution in [3.05, 3.63) is 17.0 Å². The van der Waals surface area contributed by atoms with Crippen molar-refractivity contribution in [1.82, 2.24) is 9.78 Å². The highest BCUT2D eigenvalue weighted by atomic mass is 16.1. The molecule has 0 amide bonds. The minimum Gasteiger partial charge on any atom is -0.294 e. The molecule has 0 aromatic carbocycles. The highest BCUT2D eigenvalue weighted by Crippen LogP contribution is 2.12. The summed E-state index contributed by atoms with van der Waals surface area (Å²) < 4.78 is 1.85. The zero-order valence-electron chi connectivity index (χ0n) is 8.01. The average Bonchev–Trinajstić information content (AvgIpc) is 2.25. The maximum atomic E-state index is 11.2. The molecule has 1 heterocycles. The van der Waals surface area contributed by atoms with E-state index < -0.39 is 0 Å². The van der Waals surface area contributed by atoms with E-state index in [1.54, 1.807) is 6.92 Å². The van der Waals surface area contributed by atoms with Crippen LogP contribution in [0.1, 0.15) is 35.6 Å². The number of Topliss-reactive ketones (excluding diaryl/α,β-unsaturated/α-hetero) is 1. The molecule has 66 valence electrons. The lowest BCUT2D eigenvalue weighted by Gasteiger charge is -1.98. The molecule has 0 spiro atoms. The van der Waals surface area contributed by atoms with E-state index in [0.717, 1.165) is 23.5 Å². The van der Waals surface area contributed by atoms with E-state index in [0.29, 0.717) is 0 Å². The normalized spacial score (nSPS) is 10.3. The maximum Gasteiger partial charge on any atom is 0.163 e. The van der Waals surface area contributed by atoms with Crippen LogP contribution in [-0.2, 0) is 6.54 Å². The Morgan fingerprint density at radius 3 is 2.33 bits per heavy atom. The summed E-state index contributed by atoms with van der Waals surface area (Å²) >= 11 is 0. The van der Waals surface area contributed by atoms with E-state index >= 15 is 0 Å². The molecule has 1 rings (SSSR count). The van der Waals surface area contributed by atoms with E-state index in [2.05, 4.69) is 5.10 Å². The van der Waals surface area contributed by atoms with Crippen molar-refractivity contribution in [2.45, 2.75) is 34.2 Å². The largest absolute Gasteiger partial charge is 0.294 e. The molecular formula is C9H14N2O. The van der Waals surface area contributed by atoms with Crippen LogP contribution < -0.4 is 0 Å². The number of hydrogen-bond acceptors (Lipinski definition) is 2. The molecule has 0 bridgehead atoms. The van der Waals surface area contributed by atoms with Gasteiger partial charge in [-0.2, -0.15) is 5.10 Å². The fourth-order valence-electron chi connectivity index (χ4n) is 1.51. The number of carbonyl (C=O) groups excluding carboxylic acids is 1. The van der Waals surface area contributed by atoms with Crippen LogP contribution in [0.3, 0.4) is 0 Å².